The lowest BCUT2D eigenvalue weighted by Crippen LogP contribution is -2.47. The highest BCUT2D eigenvalue weighted by Gasteiger charge is 2.27. The normalized spacial score (nSPS) is 12.7. The SMILES string of the molecule is CC[C@@H](C)[C@@H](NC(=O)COC(=O)c1csc(-c2ccccc2)n1)C(=O)OC. The Bertz CT molecular complexity index is 790. The molecule has 0 saturated heterocycles. The molecule has 0 radical (unpaired) electrons. The van der Waals surface area contributed by atoms with Crippen LogP contribution < -0.4 is 5.32 Å². The molecule has 1 amide bonds. The summed E-state index contributed by atoms with van der Waals surface area (Å²) in [4.78, 5) is 40.2. The van der Waals surface area contributed by atoms with E-state index in [9.17, 15) is 14.4 Å². The molecule has 0 saturated carbocycles. The van der Waals surface area contributed by atoms with Crippen molar-refractivity contribution < 1.29 is 23.9 Å². The molecule has 144 valence electrons. The molecule has 0 fully saturated rings. The largest absolute Gasteiger partial charge is 0.467 e. The van der Waals surface area contributed by atoms with Gasteiger partial charge in [-0.1, -0.05) is 50.6 Å². The van der Waals surface area contributed by atoms with Crippen LogP contribution in [-0.4, -0.2) is 42.6 Å². The fraction of sp³-hybridized carbons (Fsp3) is 0.368. The van der Waals surface area contributed by atoms with E-state index in [0.29, 0.717) is 11.4 Å². The van der Waals surface area contributed by atoms with Crippen LogP contribution >= 0.6 is 11.3 Å². The highest BCUT2D eigenvalue weighted by Crippen LogP contribution is 2.23. The van der Waals surface area contributed by atoms with Crippen molar-refractivity contribution in [3.05, 3.63) is 41.4 Å². The maximum atomic E-state index is 12.1. The third-order valence-electron chi connectivity index (χ3n) is 4.05. The summed E-state index contributed by atoms with van der Waals surface area (Å²) in [6.45, 7) is 3.23. The minimum absolute atomic E-state index is 0.107. The van der Waals surface area contributed by atoms with Crippen LogP contribution in [0, 0.1) is 5.92 Å². The van der Waals surface area contributed by atoms with Gasteiger partial charge in [0, 0.05) is 10.9 Å². The van der Waals surface area contributed by atoms with Gasteiger partial charge < -0.3 is 14.8 Å². The van der Waals surface area contributed by atoms with Crippen molar-refractivity contribution in [2.24, 2.45) is 5.92 Å². The number of nitrogens with one attached hydrogen (secondary N) is 1. The molecule has 1 heterocycles. The number of amides is 1. The summed E-state index contributed by atoms with van der Waals surface area (Å²) >= 11 is 1.32. The quantitative estimate of drug-likeness (QED) is 0.697. The molecule has 0 bridgehead atoms. The molecule has 0 aliphatic rings. The predicted molar refractivity (Wildman–Crippen MR) is 101 cm³/mol. The average Bonchev–Trinajstić information content (AvgIpc) is 3.20. The first-order valence-electron chi connectivity index (χ1n) is 8.51. The minimum Gasteiger partial charge on any atom is -0.467 e. The van der Waals surface area contributed by atoms with E-state index in [1.165, 1.54) is 18.4 Å². The Kier molecular flexibility index (Phi) is 7.48. The Hall–Kier alpha value is -2.74. The van der Waals surface area contributed by atoms with E-state index in [4.69, 9.17) is 9.47 Å². The summed E-state index contributed by atoms with van der Waals surface area (Å²) in [5.41, 5.74) is 1.03. The maximum Gasteiger partial charge on any atom is 0.358 e. The number of aromatic nitrogens is 1. The Morgan fingerprint density at radius 2 is 1.93 bits per heavy atom. The van der Waals surface area contributed by atoms with Crippen LogP contribution in [-0.2, 0) is 19.1 Å². The van der Waals surface area contributed by atoms with Crippen LogP contribution in [0.15, 0.2) is 35.7 Å². The summed E-state index contributed by atoms with van der Waals surface area (Å²) in [7, 11) is 1.26. The van der Waals surface area contributed by atoms with Gasteiger partial charge in [-0.15, -0.1) is 11.3 Å². The standard InChI is InChI=1S/C19H22N2O5S/c1-4-12(2)16(19(24)25-3)21-15(22)10-26-18(23)14-11-27-17(20-14)13-8-6-5-7-9-13/h5-9,11-12,16H,4,10H2,1-3H3,(H,21,22)/t12-,16-/m1/s1. The molecular formula is C19H22N2O5S. The van der Waals surface area contributed by atoms with E-state index < -0.39 is 30.5 Å². The summed E-state index contributed by atoms with van der Waals surface area (Å²) in [6.07, 6.45) is 0.681. The van der Waals surface area contributed by atoms with Crippen LogP contribution in [0.3, 0.4) is 0 Å². The monoisotopic (exact) mass is 390 g/mol. The lowest BCUT2D eigenvalue weighted by Gasteiger charge is -2.21. The third kappa shape index (κ3) is 5.62. The van der Waals surface area contributed by atoms with Crippen molar-refractivity contribution in [2.45, 2.75) is 26.3 Å². The number of hydrogen-bond donors (Lipinski definition) is 1. The van der Waals surface area contributed by atoms with E-state index in [0.717, 1.165) is 5.56 Å². The summed E-state index contributed by atoms with van der Waals surface area (Å²) in [5.74, 6) is -1.90. The number of benzene rings is 1. The van der Waals surface area contributed by atoms with Gasteiger partial charge in [0.15, 0.2) is 12.3 Å². The van der Waals surface area contributed by atoms with E-state index in [-0.39, 0.29) is 11.6 Å². The maximum absolute atomic E-state index is 12.1. The molecule has 1 N–H and O–H groups in total. The number of thiazole rings is 1. The third-order valence-corrected chi connectivity index (χ3v) is 4.94. The topological polar surface area (TPSA) is 94.6 Å². The zero-order valence-corrected chi connectivity index (χ0v) is 16.2. The van der Waals surface area contributed by atoms with Gasteiger partial charge in [-0.2, -0.15) is 0 Å². The zero-order valence-electron chi connectivity index (χ0n) is 15.4. The number of rotatable bonds is 8. The number of nitrogens with zero attached hydrogens (tertiary/aromatic N) is 1. The molecule has 0 aliphatic heterocycles. The fourth-order valence-electron chi connectivity index (χ4n) is 2.30. The number of ether oxygens (including phenoxy) is 2. The van der Waals surface area contributed by atoms with Crippen molar-refractivity contribution in [1.82, 2.24) is 10.3 Å². The molecule has 2 aromatic rings. The Morgan fingerprint density at radius 3 is 2.56 bits per heavy atom. The van der Waals surface area contributed by atoms with Crippen molar-refractivity contribution in [1.29, 1.82) is 0 Å². The summed E-state index contributed by atoms with van der Waals surface area (Å²) in [6, 6.07) is 8.66. The van der Waals surface area contributed by atoms with Crippen LogP contribution in [0.1, 0.15) is 30.8 Å². The second-order valence-electron chi connectivity index (χ2n) is 5.93. The summed E-state index contributed by atoms with van der Waals surface area (Å²) in [5, 5.41) is 4.82. The first-order chi connectivity index (χ1) is 13.0. The van der Waals surface area contributed by atoms with Crippen LogP contribution in [0.5, 0.6) is 0 Å². The minimum atomic E-state index is -0.782. The smallest absolute Gasteiger partial charge is 0.358 e. The first kappa shape index (κ1) is 20.6. The second-order valence-corrected chi connectivity index (χ2v) is 6.79. The molecule has 8 heteroatoms. The number of hydrogen-bond acceptors (Lipinski definition) is 7. The van der Waals surface area contributed by atoms with Crippen molar-refractivity contribution >= 4 is 29.2 Å². The summed E-state index contributed by atoms with van der Waals surface area (Å²) < 4.78 is 9.71. The van der Waals surface area contributed by atoms with E-state index in [1.807, 2.05) is 44.2 Å². The van der Waals surface area contributed by atoms with Gasteiger partial charge in [-0.05, 0) is 5.92 Å². The molecule has 2 atom stereocenters. The number of carbonyl (C=O) groups excluding carboxylic acids is 3. The molecule has 1 aromatic heterocycles. The number of methoxy groups -OCH3 is 1. The second kappa shape index (κ2) is 9.82. The first-order valence-corrected chi connectivity index (χ1v) is 9.39. The number of esters is 2. The van der Waals surface area contributed by atoms with E-state index in [1.54, 1.807) is 5.38 Å². The van der Waals surface area contributed by atoms with Gasteiger partial charge in [0.05, 0.1) is 7.11 Å². The van der Waals surface area contributed by atoms with Crippen LogP contribution in [0.4, 0.5) is 0 Å². The molecule has 0 spiro atoms. The van der Waals surface area contributed by atoms with Crippen molar-refractivity contribution in [2.75, 3.05) is 13.7 Å². The lowest BCUT2D eigenvalue weighted by molar-refractivity contribution is -0.147. The highest BCUT2D eigenvalue weighted by molar-refractivity contribution is 7.13. The molecule has 1 aromatic carbocycles. The van der Waals surface area contributed by atoms with Gasteiger partial charge in [0.2, 0.25) is 0 Å². The van der Waals surface area contributed by atoms with Crippen LogP contribution in [0.25, 0.3) is 10.6 Å². The molecular weight excluding hydrogens is 368 g/mol. The van der Waals surface area contributed by atoms with Gasteiger partial charge in [0.25, 0.3) is 5.91 Å². The highest BCUT2D eigenvalue weighted by atomic mass is 32.1. The molecule has 0 aliphatic carbocycles. The Balaban J connectivity index is 1.92. The number of carbonyl (C=O) groups is 3. The van der Waals surface area contributed by atoms with Crippen molar-refractivity contribution in [3.63, 3.8) is 0 Å². The molecule has 0 unspecified atom stereocenters. The van der Waals surface area contributed by atoms with E-state index >= 15 is 0 Å². The zero-order chi connectivity index (χ0) is 19.8. The predicted octanol–water partition coefficient (Wildman–Crippen LogP) is 2.67. The average molecular weight is 390 g/mol. The van der Waals surface area contributed by atoms with Crippen LogP contribution in [0.2, 0.25) is 0 Å². The van der Waals surface area contributed by atoms with Crippen molar-refractivity contribution in [3.8, 4) is 10.6 Å². The Labute approximate surface area is 161 Å². The van der Waals surface area contributed by atoms with Gasteiger partial charge in [0.1, 0.15) is 11.0 Å². The van der Waals surface area contributed by atoms with E-state index in [2.05, 4.69) is 10.3 Å². The van der Waals surface area contributed by atoms with Gasteiger partial charge in [-0.25, -0.2) is 14.6 Å². The van der Waals surface area contributed by atoms with Gasteiger partial charge >= 0.3 is 11.9 Å². The molecule has 7 nitrogen and oxygen atoms in total. The lowest BCUT2D eigenvalue weighted by atomic mass is 9.99. The molecule has 2 rings (SSSR count). The Morgan fingerprint density at radius 1 is 1.22 bits per heavy atom. The molecule has 27 heavy (non-hydrogen) atoms. The van der Waals surface area contributed by atoms with Gasteiger partial charge in [-0.3, -0.25) is 4.79 Å². The fourth-order valence-corrected chi connectivity index (χ4v) is 3.09.